The van der Waals surface area contributed by atoms with Gasteiger partial charge in [0.1, 0.15) is 0 Å². The molecule has 0 heterocycles. The molecule has 0 spiro atoms. The van der Waals surface area contributed by atoms with Crippen molar-refractivity contribution in [3.8, 4) is 0 Å². The van der Waals surface area contributed by atoms with Gasteiger partial charge >= 0.3 is 0 Å². The molecule has 92 valence electrons. The van der Waals surface area contributed by atoms with Crippen LogP contribution in [0, 0.1) is 6.92 Å². The fourth-order valence-electron chi connectivity index (χ4n) is 1.59. The lowest BCUT2D eigenvalue weighted by atomic mass is 10.0. The third-order valence-corrected chi connectivity index (χ3v) is 3.88. The standard InChI is InChI=1S/C14H9Br2ClO/c1-8-2-3-9(6-13(8)17)14(18)10-4-11(15)7-12(16)5-10/h2-7H,1H3. The fourth-order valence-corrected chi connectivity index (χ4v) is 3.06. The molecule has 0 fully saturated rings. The number of carbonyl (C=O) groups is 1. The van der Waals surface area contributed by atoms with E-state index in [1.165, 1.54) is 0 Å². The van der Waals surface area contributed by atoms with E-state index in [4.69, 9.17) is 11.6 Å². The number of rotatable bonds is 2. The summed E-state index contributed by atoms with van der Waals surface area (Å²) in [6.07, 6.45) is 0. The molecule has 0 atom stereocenters. The van der Waals surface area contributed by atoms with Gasteiger partial charge in [-0.1, -0.05) is 55.6 Å². The first kappa shape index (κ1) is 13.8. The van der Waals surface area contributed by atoms with Crippen LogP contribution in [0.5, 0.6) is 0 Å². The number of ketones is 1. The summed E-state index contributed by atoms with van der Waals surface area (Å²) >= 11 is 12.8. The minimum Gasteiger partial charge on any atom is -0.289 e. The Labute approximate surface area is 127 Å². The predicted octanol–water partition coefficient (Wildman–Crippen LogP) is 5.40. The first-order valence-corrected chi connectivity index (χ1v) is 7.21. The Hall–Kier alpha value is -0.640. The van der Waals surface area contributed by atoms with E-state index in [1.54, 1.807) is 24.3 Å². The lowest BCUT2D eigenvalue weighted by Gasteiger charge is -2.05. The van der Waals surface area contributed by atoms with Gasteiger partial charge in [-0.15, -0.1) is 0 Å². The third kappa shape index (κ3) is 3.02. The lowest BCUT2D eigenvalue weighted by Crippen LogP contribution is -2.01. The van der Waals surface area contributed by atoms with Crippen molar-refractivity contribution < 1.29 is 4.79 Å². The van der Waals surface area contributed by atoms with Crippen LogP contribution in [0.4, 0.5) is 0 Å². The summed E-state index contributed by atoms with van der Waals surface area (Å²) in [4.78, 5) is 12.3. The van der Waals surface area contributed by atoms with E-state index in [2.05, 4.69) is 31.9 Å². The van der Waals surface area contributed by atoms with E-state index in [0.29, 0.717) is 16.1 Å². The third-order valence-electron chi connectivity index (χ3n) is 2.56. The van der Waals surface area contributed by atoms with Crippen molar-refractivity contribution in [2.24, 2.45) is 0 Å². The van der Waals surface area contributed by atoms with Gasteiger partial charge in [0, 0.05) is 25.1 Å². The maximum absolute atomic E-state index is 12.3. The molecule has 2 rings (SSSR count). The SMILES string of the molecule is Cc1ccc(C(=O)c2cc(Br)cc(Br)c2)cc1Cl. The molecule has 4 heteroatoms. The van der Waals surface area contributed by atoms with Crippen molar-refractivity contribution in [2.75, 3.05) is 0 Å². The molecule has 18 heavy (non-hydrogen) atoms. The molecule has 1 nitrogen and oxygen atoms in total. The molecule has 0 N–H and O–H groups in total. The number of halogens is 3. The highest BCUT2D eigenvalue weighted by atomic mass is 79.9. The maximum atomic E-state index is 12.3. The highest BCUT2D eigenvalue weighted by Gasteiger charge is 2.11. The number of carbonyl (C=O) groups excluding carboxylic acids is 1. The zero-order valence-electron chi connectivity index (χ0n) is 9.51. The van der Waals surface area contributed by atoms with E-state index >= 15 is 0 Å². The molecular formula is C14H9Br2ClO. The van der Waals surface area contributed by atoms with Gasteiger partial charge in [0.25, 0.3) is 0 Å². The van der Waals surface area contributed by atoms with E-state index in [9.17, 15) is 4.79 Å². The van der Waals surface area contributed by atoms with Crippen LogP contribution in [0.2, 0.25) is 5.02 Å². The molecule has 0 aliphatic rings. The Balaban J connectivity index is 2.44. The Kier molecular flexibility index (Phi) is 4.25. The highest BCUT2D eigenvalue weighted by molar-refractivity contribution is 9.11. The first-order chi connectivity index (χ1) is 8.47. The minimum absolute atomic E-state index is 0.0427. The van der Waals surface area contributed by atoms with E-state index in [-0.39, 0.29) is 5.78 Å². The Morgan fingerprint density at radius 1 is 1.00 bits per heavy atom. The number of hydrogen-bond donors (Lipinski definition) is 0. The molecule has 0 aliphatic carbocycles. The van der Waals surface area contributed by atoms with Crippen LogP contribution in [0.25, 0.3) is 0 Å². The highest BCUT2D eigenvalue weighted by Crippen LogP contribution is 2.24. The van der Waals surface area contributed by atoms with Crippen LogP contribution in [0.1, 0.15) is 21.5 Å². The Morgan fingerprint density at radius 2 is 1.61 bits per heavy atom. The van der Waals surface area contributed by atoms with Gasteiger partial charge in [-0.25, -0.2) is 0 Å². The zero-order chi connectivity index (χ0) is 13.3. The molecule has 0 bridgehead atoms. The quantitative estimate of drug-likeness (QED) is 0.629. The lowest BCUT2D eigenvalue weighted by molar-refractivity contribution is 0.103. The second-order valence-corrected chi connectivity index (χ2v) is 6.19. The van der Waals surface area contributed by atoms with Gasteiger partial charge in [-0.05, 0) is 36.8 Å². The van der Waals surface area contributed by atoms with Crippen molar-refractivity contribution >= 4 is 49.2 Å². The summed E-state index contributed by atoms with van der Waals surface area (Å²) in [5.41, 5.74) is 2.18. The molecule has 0 saturated heterocycles. The largest absolute Gasteiger partial charge is 0.289 e. The molecule has 0 aliphatic heterocycles. The van der Waals surface area contributed by atoms with E-state index in [0.717, 1.165) is 14.5 Å². The summed E-state index contributed by atoms with van der Waals surface area (Å²) in [6, 6.07) is 10.8. The molecule has 0 aromatic heterocycles. The second-order valence-electron chi connectivity index (χ2n) is 3.95. The summed E-state index contributed by atoms with van der Waals surface area (Å²) < 4.78 is 1.72. The monoisotopic (exact) mass is 386 g/mol. The van der Waals surface area contributed by atoms with Crippen LogP contribution in [-0.2, 0) is 0 Å². The van der Waals surface area contributed by atoms with E-state index in [1.807, 2.05) is 19.1 Å². The first-order valence-electron chi connectivity index (χ1n) is 5.24. The van der Waals surface area contributed by atoms with Crippen molar-refractivity contribution in [2.45, 2.75) is 6.92 Å². The average molecular weight is 388 g/mol. The minimum atomic E-state index is -0.0427. The van der Waals surface area contributed by atoms with Crippen LogP contribution in [0.3, 0.4) is 0 Å². The molecule has 0 radical (unpaired) electrons. The summed E-state index contributed by atoms with van der Waals surface area (Å²) in [7, 11) is 0. The average Bonchev–Trinajstić information content (AvgIpc) is 2.30. The zero-order valence-corrected chi connectivity index (χ0v) is 13.4. The van der Waals surface area contributed by atoms with Gasteiger partial charge < -0.3 is 0 Å². The number of aryl methyl sites for hydroxylation is 1. The topological polar surface area (TPSA) is 17.1 Å². The molecular weight excluding hydrogens is 379 g/mol. The van der Waals surface area contributed by atoms with Gasteiger partial charge in [0.05, 0.1) is 0 Å². The van der Waals surface area contributed by atoms with Crippen LogP contribution in [-0.4, -0.2) is 5.78 Å². The molecule has 0 amide bonds. The van der Waals surface area contributed by atoms with Crippen LogP contribution in [0.15, 0.2) is 45.3 Å². The van der Waals surface area contributed by atoms with Gasteiger partial charge in [-0.3, -0.25) is 4.79 Å². The normalized spacial score (nSPS) is 10.4. The van der Waals surface area contributed by atoms with E-state index < -0.39 is 0 Å². The van der Waals surface area contributed by atoms with Gasteiger partial charge in [0.2, 0.25) is 0 Å². The van der Waals surface area contributed by atoms with Crippen molar-refractivity contribution in [3.63, 3.8) is 0 Å². The van der Waals surface area contributed by atoms with Crippen LogP contribution >= 0.6 is 43.5 Å². The molecule has 2 aromatic rings. The van der Waals surface area contributed by atoms with Gasteiger partial charge in [-0.2, -0.15) is 0 Å². The number of benzene rings is 2. The van der Waals surface area contributed by atoms with Crippen molar-refractivity contribution in [3.05, 3.63) is 67.1 Å². The summed E-state index contributed by atoms with van der Waals surface area (Å²) in [5.74, 6) is -0.0427. The Morgan fingerprint density at radius 3 is 2.17 bits per heavy atom. The van der Waals surface area contributed by atoms with Crippen molar-refractivity contribution in [1.29, 1.82) is 0 Å². The smallest absolute Gasteiger partial charge is 0.193 e. The van der Waals surface area contributed by atoms with Crippen LogP contribution < -0.4 is 0 Å². The summed E-state index contributed by atoms with van der Waals surface area (Å²) in [5, 5.41) is 0.606. The molecule has 0 unspecified atom stereocenters. The Bertz CT molecular complexity index is 603. The van der Waals surface area contributed by atoms with Crippen molar-refractivity contribution in [1.82, 2.24) is 0 Å². The number of hydrogen-bond acceptors (Lipinski definition) is 1. The second kappa shape index (κ2) is 5.55. The van der Waals surface area contributed by atoms with Gasteiger partial charge in [0.15, 0.2) is 5.78 Å². The molecule has 2 aromatic carbocycles. The predicted molar refractivity (Wildman–Crippen MR) is 81.5 cm³/mol. The fraction of sp³-hybridized carbons (Fsp3) is 0.0714. The molecule has 0 saturated carbocycles. The maximum Gasteiger partial charge on any atom is 0.193 e. The summed E-state index contributed by atoms with van der Waals surface area (Å²) in [6.45, 7) is 1.91.